The van der Waals surface area contributed by atoms with Gasteiger partial charge in [-0.05, 0) is 61.1 Å². The molecule has 1 aliphatic rings. The Bertz CT molecular complexity index is 465. The van der Waals surface area contributed by atoms with Gasteiger partial charge in [-0.15, -0.1) is 0 Å². The van der Waals surface area contributed by atoms with Gasteiger partial charge in [-0.2, -0.15) is 0 Å². The van der Waals surface area contributed by atoms with Crippen molar-refractivity contribution in [3.8, 4) is 0 Å². The van der Waals surface area contributed by atoms with Crippen LogP contribution in [-0.4, -0.2) is 23.6 Å². The molecule has 1 heterocycles. The van der Waals surface area contributed by atoms with E-state index < -0.39 is 0 Å². The number of aryl methyl sites for hydroxylation is 1. The molecule has 1 fully saturated rings. The summed E-state index contributed by atoms with van der Waals surface area (Å²) in [7, 11) is 1.92. The minimum atomic E-state index is -0.299. The van der Waals surface area contributed by atoms with E-state index in [4.69, 9.17) is 14.7 Å². The summed E-state index contributed by atoms with van der Waals surface area (Å²) in [4.78, 5) is 9.66. The number of halogens is 1. The smallest absolute Gasteiger partial charge is 0.162 e. The van der Waals surface area contributed by atoms with Crippen molar-refractivity contribution in [2.45, 2.75) is 58.5 Å². The summed E-state index contributed by atoms with van der Waals surface area (Å²) >= 11 is 2.33. The SMILES string of the molecule is CCOC1(c2nc(CC)c(I)c(NC)n2)CCCC(C)C1. The Kier molecular flexibility index (Phi) is 5.82. The highest BCUT2D eigenvalue weighted by atomic mass is 127. The Hall–Kier alpha value is -0.430. The maximum Gasteiger partial charge on any atom is 0.162 e. The lowest BCUT2D eigenvalue weighted by atomic mass is 9.78. The molecule has 0 radical (unpaired) electrons. The number of nitrogens with one attached hydrogen (secondary N) is 1. The van der Waals surface area contributed by atoms with Gasteiger partial charge in [0, 0.05) is 13.7 Å². The van der Waals surface area contributed by atoms with E-state index in [1.165, 1.54) is 12.8 Å². The molecule has 0 amide bonds. The van der Waals surface area contributed by atoms with Crippen molar-refractivity contribution in [3.05, 3.63) is 15.1 Å². The highest BCUT2D eigenvalue weighted by Gasteiger charge is 2.40. The third kappa shape index (κ3) is 3.50. The minimum Gasteiger partial charge on any atom is -0.372 e. The molecular weight excluding hydrogens is 377 g/mol. The second kappa shape index (κ2) is 7.22. The third-order valence-corrected chi connectivity index (χ3v) is 5.41. The van der Waals surface area contributed by atoms with Gasteiger partial charge >= 0.3 is 0 Å². The lowest BCUT2D eigenvalue weighted by molar-refractivity contribution is -0.0881. The molecule has 1 N–H and O–H groups in total. The summed E-state index contributed by atoms with van der Waals surface area (Å²) in [6.45, 7) is 7.22. The Morgan fingerprint density at radius 1 is 1.38 bits per heavy atom. The Balaban J connectivity index is 2.49. The van der Waals surface area contributed by atoms with Crippen LogP contribution in [0.5, 0.6) is 0 Å². The second-order valence-electron chi connectivity index (χ2n) is 5.89. The zero-order chi connectivity index (χ0) is 15.5. The maximum absolute atomic E-state index is 6.21. The number of rotatable bonds is 5. The van der Waals surface area contributed by atoms with Crippen molar-refractivity contribution in [3.63, 3.8) is 0 Å². The van der Waals surface area contributed by atoms with Crippen molar-refractivity contribution < 1.29 is 4.74 Å². The largest absolute Gasteiger partial charge is 0.372 e. The number of nitrogens with zero attached hydrogens (tertiary/aromatic N) is 2. The molecule has 118 valence electrons. The summed E-state index contributed by atoms with van der Waals surface area (Å²) in [6.07, 6.45) is 5.43. The van der Waals surface area contributed by atoms with E-state index in [0.717, 1.165) is 40.2 Å². The molecule has 0 saturated heterocycles. The van der Waals surface area contributed by atoms with Crippen molar-refractivity contribution in [2.24, 2.45) is 5.92 Å². The lowest BCUT2D eigenvalue weighted by Crippen LogP contribution is -2.37. The van der Waals surface area contributed by atoms with Crippen molar-refractivity contribution in [2.75, 3.05) is 19.0 Å². The Labute approximate surface area is 141 Å². The Morgan fingerprint density at radius 2 is 2.14 bits per heavy atom. The van der Waals surface area contributed by atoms with E-state index in [-0.39, 0.29) is 5.60 Å². The van der Waals surface area contributed by atoms with Gasteiger partial charge in [0.05, 0.1) is 9.26 Å². The number of hydrogen-bond donors (Lipinski definition) is 1. The molecule has 1 aromatic rings. The van der Waals surface area contributed by atoms with Crippen LogP contribution in [0.2, 0.25) is 0 Å². The molecule has 2 rings (SSSR count). The maximum atomic E-state index is 6.21. The average Bonchev–Trinajstić information content (AvgIpc) is 2.47. The van der Waals surface area contributed by atoms with Crippen LogP contribution in [0.1, 0.15) is 58.0 Å². The van der Waals surface area contributed by atoms with Crippen LogP contribution in [0.3, 0.4) is 0 Å². The number of hydrogen-bond acceptors (Lipinski definition) is 4. The number of anilines is 1. The summed E-state index contributed by atoms with van der Waals surface area (Å²) in [5.41, 5.74) is 0.814. The lowest BCUT2D eigenvalue weighted by Gasteiger charge is -2.38. The van der Waals surface area contributed by atoms with Gasteiger partial charge in [-0.25, -0.2) is 9.97 Å². The standard InChI is InChI=1S/C16H26IN3O/c1-5-12-13(17)14(18-4)20-15(19-12)16(21-6-2)9-7-8-11(3)10-16/h11H,5-10H2,1-4H3,(H,18,19,20). The van der Waals surface area contributed by atoms with Gasteiger partial charge in [0.1, 0.15) is 11.4 Å². The van der Waals surface area contributed by atoms with Crippen molar-refractivity contribution in [1.29, 1.82) is 0 Å². The molecule has 0 spiro atoms. The van der Waals surface area contributed by atoms with Crippen LogP contribution in [-0.2, 0) is 16.8 Å². The van der Waals surface area contributed by atoms with Crippen LogP contribution < -0.4 is 5.32 Å². The van der Waals surface area contributed by atoms with Crippen LogP contribution >= 0.6 is 22.6 Å². The predicted molar refractivity (Wildman–Crippen MR) is 94.6 cm³/mol. The monoisotopic (exact) mass is 403 g/mol. The molecule has 1 aliphatic carbocycles. The van der Waals surface area contributed by atoms with E-state index >= 15 is 0 Å². The summed E-state index contributed by atoms with van der Waals surface area (Å²) in [5, 5.41) is 3.21. The predicted octanol–water partition coefficient (Wildman–Crippen LogP) is 4.13. The molecule has 0 aliphatic heterocycles. The van der Waals surface area contributed by atoms with Crippen LogP contribution in [0.15, 0.2) is 0 Å². The normalized spacial score (nSPS) is 25.9. The first kappa shape index (κ1) is 16.9. The van der Waals surface area contributed by atoms with Crippen molar-refractivity contribution in [1.82, 2.24) is 9.97 Å². The van der Waals surface area contributed by atoms with E-state index in [1.54, 1.807) is 0 Å². The quantitative estimate of drug-likeness (QED) is 0.752. The third-order valence-electron chi connectivity index (χ3n) is 4.28. The van der Waals surface area contributed by atoms with Crippen LogP contribution in [0.4, 0.5) is 5.82 Å². The van der Waals surface area contributed by atoms with E-state index in [2.05, 4.69) is 48.7 Å². The number of aromatic nitrogens is 2. The van der Waals surface area contributed by atoms with Gasteiger partial charge in [0.2, 0.25) is 0 Å². The molecule has 21 heavy (non-hydrogen) atoms. The molecule has 2 unspecified atom stereocenters. The first-order valence-corrected chi connectivity index (χ1v) is 9.02. The number of ether oxygens (including phenoxy) is 1. The van der Waals surface area contributed by atoms with Crippen LogP contribution in [0, 0.1) is 9.49 Å². The molecule has 0 aromatic carbocycles. The first-order valence-electron chi connectivity index (χ1n) is 7.94. The fraction of sp³-hybridized carbons (Fsp3) is 0.750. The molecular formula is C16H26IN3O. The Morgan fingerprint density at radius 3 is 2.71 bits per heavy atom. The fourth-order valence-corrected chi connectivity index (χ4v) is 4.17. The van der Waals surface area contributed by atoms with Gasteiger partial charge < -0.3 is 10.1 Å². The molecule has 1 saturated carbocycles. The average molecular weight is 403 g/mol. The second-order valence-corrected chi connectivity index (χ2v) is 6.97. The molecule has 5 heteroatoms. The summed E-state index contributed by atoms with van der Waals surface area (Å²) < 4.78 is 7.33. The van der Waals surface area contributed by atoms with Crippen molar-refractivity contribution >= 4 is 28.4 Å². The highest BCUT2D eigenvalue weighted by Crippen LogP contribution is 2.42. The fourth-order valence-electron chi connectivity index (χ4n) is 3.28. The molecule has 4 nitrogen and oxygen atoms in total. The van der Waals surface area contributed by atoms with Gasteiger partial charge in [0.25, 0.3) is 0 Å². The molecule has 2 atom stereocenters. The van der Waals surface area contributed by atoms with Gasteiger partial charge in [-0.1, -0.05) is 20.3 Å². The highest BCUT2D eigenvalue weighted by molar-refractivity contribution is 14.1. The van der Waals surface area contributed by atoms with E-state index in [0.29, 0.717) is 12.5 Å². The van der Waals surface area contributed by atoms with Crippen LogP contribution in [0.25, 0.3) is 0 Å². The summed E-state index contributed by atoms with van der Waals surface area (Å²) in [6, 6.07) is 0. The topological polar surface area (TPSA) is 47.0 Å². The zero-order valence-electron chi connectivity index (χ0n) is 13.5. The van der Waals surface area contributed by atoms with Gasteiger partial charge in [-0.3, -0.25) is 0 Å². The van der Waals surface area contributed by atoms with E-state index in [1.807, 2.05) is 7.05 Å². The molecule has 0 bridgehead atoms. The zero-order valence-corrected chi connectivity index (χ0v) is 15.7. The minimum absolute atomic E-state index is 0.299. The first-order chi connectivity index (χ1) is 10.1. The van der Waals surface area contributed by atoms with Gasteiger partial charge in [0.15, 0.2) is 5.82 Å². The summed E-state index contributed by atoms with van der Waals surface area (Å²) in [5.74, 6) is 2.46. The van der Waals surface area contributed by atoms with E-state index in [9.17, 15) is 0 Å². The molecule has 1 aromatic heterocycles.